The summed E-state index contributed by atoms with van der Waals surface area (Å²) in [5.74, 6) is -0.441. The molecule has 0 fully saturated rings. The van der Waals surface area contributed by atoms with Gasteiger partial charge in [-0.15, -0.1) is 0 Å². The van der Waals surface area contributed by atoms with Crippen molar-refractivity contribution in [2.45, 2.75) is 51.4 Å². The lowest BCUT2D eigenvalue weighted by Crippen LogP contribution is -2.33. The van der Waals surface area contributed by atoms with Crippen molar-refractivity contribution < 1.29 is 14.4 Å². The van der Waals surface area contributed by atoms with Crippen molar-refractivity contribution in [3.63, 3.8) is 0 Å². The number of nitrogens with two attached hydrogens (primary N) is 1. The molecule has 142 valence electrons. The van der Waals surface area contributed by atoms with E-state index in [1.54, 1.807) is 24.3 Å². The minimum absolute atomic E-state index is 0.0335. The van der Waals surface area contributed by atoms with Crippen LogP contribution in [0.15, 0.2) is 24.3 Å². The fraction of sp³-hybridized carbons (Fsp3) is 0.550. The first kappa shape index (κ1) is 19.9. The fourth-order valence-corrected chi connectivity index (χ4v) is 3.15. The number of unbranched alkanes of at least 4 members (excludes halogenated alkanes) is 2. The van der Waals surface area contributed by atoms with Gasteiger partial charge in [0.05, 0.1) is 0 Å². The SMILES string of the molecule is NC(=O)CCCCCN1CCCCCCNC(=O)c2cccc(c2)C1=O. The average molecular weight is 359 g/mol. The molecule has 0 saturated carbocycles. The molecule has 0 spiro atoms. The van der Waals surface area contributed by atoms with Gasteiger partial charge < -0.3 is 16.0 Å². The Kier molecular flexibility index (Phi) is 8.12. The van der Waals surface area contributed by atoms with Crippen LogP contribution >= 0.6 is 0 Å². The van der Waals surface area contributed by atoms with Crippen molar-refractivity contribution in [2.75, 3.05) is 19.6 Å². The number of nitrogens with one attached hydrogen (secondary N) is 1. The van der Waals surface area contributed by atoms with Gasteiger partial charge in [0.25, 0.3) is 11.8 Å². The molecule has 6 heteroatoms. The van der Waals surface area contributed by atoms with Crippen molar-refractivity contribution in [2.24, 2.45) is 5.73 Å². The molecule has 2 rings (SSSR count). The third kappa shape index (κ3) is 6.50. The van der Waals surface area contributed by atoms with Crippen LogP contribution in [0.25, 0.3) is 0 Å². The van der Waals surface area contributed by atoms with E-state index >= 15 is 0 Å². The highest BCUT2D eigenvalue weighted by Crippen LogP contribution is 2.13. The minimum Gasteiger partial charge on any atom is -0.370 e. The molecule has 3 N–H and O–H groups in total. The van der Waals surface area contributed by atoms with Gasteiger partial charge in [-0.25, -0.2) is 0 Å². The summed E-state index contributed by atoms with van der Waals surface area (Å²) in [4.78, 5) is 37.8. The first-order valence-corrected chi connectivity index (χ1v) is 9.54. The highest BCUT2D eigenvalue weighted by Gasteiger charge is 2.17. The third-order valence-electron chi connectivity index (χ3n) is 4.65. The van der Waals surface area contributed by atoms with Gasteiger partial charge in [-0.1, -0.05) is 25.3 Å². The van der Waals surface area contributed by atoms with Crippen LogP contribution < -0.4 is 11.1 Å². The Morgan fingerprint density at radius 1 is 1.04 bits per heavy atom. The van der Waals surface area contributed by atoms with Gasteiger partial charge in [0.2, 0.25) is 5.91 Å². The van der Waals surface area contributed by atoms with E-state index in [1.807, 2.05) is 4.90 Å². The highest BCUT2D eigenvalue weighted by molar-refractivity contribution is 5.99. The predicted molar refractivity (Wildman–Crippen MR) is 101 cm³/mol. The molecule has 1 aliphatic heterocycles. The van der Waals surface area contributed by atoms with E-state index in [4.69, 9.17) is 5.73 Å². The number of nitrogens with zero attached hydrogens (tertiary/aromatic N) is 1. The summed E-state index contributed by atoms with van der Waals surface area (Å²) in [5, 5.41) is 2.91. The lowest BCUT2D eigenvalue weighted by molar-refractivity contribution is -0.118. The number of carbonyl (C=O) groups is 3. The first-order chi connectivity index (χ1) is 12.6. The maximum absolute atomic E-state index is 12.9. The van der Waals surface area contributed by atoms with Crippen LogP contribution in [0.3, 0.4) is 0 Å². The second-order valence-corrected chi connectivity index (χ2v) is 6.82. The van der Waals surface area contributed by atoms with E-state index < -0.39 is 0 Å². The quantitative estimate of drug-likeness (QED) is 0.764. The zero-order valence-corrected chi connectivity index (χ0v) is 15.3. The summed E-state index contributed by atoms with van der Waals surface area (Å²) in [6, 6.07) is 6.93. The topological polar surface area (TPSA) is 92.5 Å². The second kappa shape index (κ2) is 10.6. The lowest BCUT2D eigenvalue weighted by atomic mass is 10.1. The highest BCUT2D eigenvalue weighted by atomic mass is 16.2. The molecule has 0 unspecified atom stereocenters. The summed E-state index contributed by atoms with van der Waals surface area (Å²) in [7, 11) is 0. The summed E-state index contributed by atoms with van der Waals surface area (Å²) in [6.07, 6.45) is 6.86. The summed E-state index contributed by atoms with van der Waals surface area (Å²) < 4.78 is 0. The van der Waals surface area contributed by atoms with Gasteiger partial charge in [-0.3, -0.25) is 14.4 Å². The van der Waals surface area contributed by atoms with E-state index in [0.717, 1.165) is 51.5 Å². The molecule has 1 aromatic carbocycles. The maximum atomic E-state index is 12.9. The monoisotopic (exact) mass is 359 g/mol. The molecule has 0 radical (unpaired) electrons. The lowest BCUT2D eigenvalue weighted by Gasteiger charge is -2.23. The van der Waals surface area contributed by atoms with Gasteiger partial charge in [0.1, 0.15) is 0 Å². The molecule has 3 amide bonds. The van der Waals surface area contributed by atoms with E-state index in [9.17, 15) is 14.4 Å². The number of hydrogen-bond acceptors (Lipinski definition) is 3. The number of hydrogen-bond donors (Lipinski definition) is 2. The van der Waals surface area contributed by atoms with Gasteiger partial charge in [-0.2, -0.15) is 0 Å². The summed E-state index contributed by atoms with van der Waals surface area (Å²) in [5.41, 5.74) is 6.24. The van der Waals surface area contributed by atoms with Gasteiger partial charge >= 0.3 is 0 Å². The average Bonchev–Trinajstić information content (AvgIpc) is 2.64. The molecule has 0 aliphatic carbocycles. The van der Waals surface area contributed by atoms with Gasteiger partial charge in [-0.05, 0) is 43.9 Å². The minimum atomic E-state index is -0.279. The molecule has 0 atom stereocenters. The molecule has 0 saturated heterocycles. The number of carbonyl (C=O) groups excluding carboxylic acids is 3. The van der Waals surface area contributed by atoms with Crippen molar-refractivity contribution in [1.29, 1.82) is 0 Å². The Balaban J connectivity index is 2.04. The zero-order chi connectivity index (χ0) is 18.8. The Morgan fingerprint density at radius 3 is 2.62 bits per heavy atom. The summed E-state index contributed by atoms with van der Waals surface area (Å²) in [6.45, 7) is 2.05. The normalized spacial score (nSPS) is 16.2. The number of amides is 3. The number of rotatable bonds is 6. The third-order valence-corrected chi connectivity index (χ3v) is 4.65. The predicted octanol–water partition coefficient (Wildman–Crippen LogP) is 2.48. The van der Waals surface area contributed by atoms with E-state index in [2.05, 4.69) is 5.32 Å². The largest absolute Gasteiger partial charge is 0.370 e. The number of fused-ring (bicyclic) bond motifs is 2. The molecule has 26 heavy (non-hydrogen) atoms. The second-order valence-electron chi connectivity index (χ2n) is 6.82. The van der Waals surface area contributed by atoms with Crippen LogP contribution in [-0.4, -0.2) is 42.3 Å². The molecular weight excluding hydrogens is 330 g/mol. The Bertz CT molecular complexity index is 630. The van der Waals surface area contributed by atoms with Crippen LogP contribution in [0, 0.1) is 0 Å². The number of benzene rings is 1. The van der Waals surface area contributed by atoms with Gasteiger partial charge in [0.15, 0.2) is 0 Å². The standard InChI is InChI=1S/C20H29N3O3/c21-18(24)11-4-3-7-14-23-13-6-2-1-5-12-22-19(25)16-9-8-10-17(15-16)20(23)26/h8-10,15H,1-7,11-14H2,(H2,21,24)(H,22,25). The smallest absolute Gasteiger partial charge is 0.253 e. The van der Waals surface area contributed by atoms with Crippen molar-refractivity contribution in [3.8, 4) is 0 Å². The molecule has 2 bridgehead atoms. The molecular formula is C20H29N3O3. The van der Waals surface area contributed by atoms with Crippen LogP contribution in [0.5, 0.6) is 0 Å². The van der Waals surface area contributed by atoms with Crippen molar-refractivity contribution in [1.82, 2.24) is 10.2 Å². The first-order valence-electron chi connectivity index (χ1n) is 9.54. The van der Waals surface area contributed by atoms with Crippen LogP contribution in [0.4, 0.5) is 0 Å². The van der Waals surface area contributed by atoms with Crippen LogP contribution in [0.1, 0.15) is 72.1 Å². The summed E-state index contributed by atoms with van der Waals surface area (Å²) >= 11 is 0. The molecule has 1 aromatic rings. The van der Waals surface area contributed by atoms with Crippen molar-refractivity contribution >= 4 is 17.7 Å². The molecule has 1 aliphatic rings. The fourth-order valence-electron chi connectivity index (χ4n) is 3.15. The van der Waals surface area contributed by atoms with E-state index in [-0.39, 0.29) is 17.7 Å². The van der Waals surface area contributed by atoms with Crippen LogP contribution in [0.2, 0.25) is 0 Å². The van der Waals surface area contributed by atoms with Crippen molar-refractivity contribution in [3.05, 3.63) is 35.4 Å². The number of primary amides is 1. The maximum Gasteiger partial charge on any atom is 0.253 e. The Labute approximate surface area is 155 Å². The Hall–Kier alpha value is -2.37. The van der Waals surface area contributed by atoms with Crippen LogP contribution in [-0.2, 0) is 4.79 Å². The molecule has 0 aromatic heterocycles. The van der Waals surface area contributed by atoms with E-state index in [0.29, 0.717) is 30.6 Å². The Morgan fingerprint density at radius 2 is 1.81 bits per heavy atom. The zero-order valence-electron chi connectivity index (χ0n) is 15.3. The molecule has 6 nitrogen and oxygen atoms in total. The van der Waals surface area contributed by atoms with Gasteiger partial charge in [0, 0.05) is 37.2 Å². The molecule has 1 heterocycles. The van der Waals surface area contributed by atoms with E-state index in [1.165, 1.54) is 0 Å².